The van der Waals surface area contributed by atoms with Gasteiger partial charge in [0.05, 0.1) is 5.69 Å². The van der Waals surface area contributed by atoms with Crippen LogP contribution in [-0.4, -0.2) is 28.6 Å². The van der Waals surface area contributed by atoms with Gasteiger partial charge in [0.2, 0.25) is 0 Å². The molecule has 1 heterocycles. The summed E-state index contributed by atoms with van der Waals surface area (Å²) in [6.45, 7) is 3.90. The Balaban J connectivity index is 2.26. The van der Waals surface area contributed by atoms with E-state index < -0.39 is 5.97 Å². The van der Waals surface area contributed by atoms with Crippen molar-refractivity contribution in [1.82, 2.24) is 4.98 Å². The lowest BCUT2D eigenvalue weighted by molar-refractivity contribution is -0.135. The second-order valence-corrected chi connectivity index (χ2v) is 5.33. The number of carbonyl (C=O) groups is 1. The van der Waals surface area contributed by atoms with Crippen molar-refractivity contribution in [3.05, 3.63) is 35.7 Å². The highest BCUT2D eigenvalue weighted by Gasteiger charge is 2.17. The molecule has 1 aromatic heterocycles. The topological polar surface area (TPSA) is 53.4 Å². The summed E-state index contributed by atoms with van der Waals surface area (Å²) in [6, 6.07) is 9.98. The zero-order valence-corrected chi connectivity index (χ0v) is 11.7. The quantitative estimate of drug-likeness (QED) is 0.911. The molecule has 0 spiro atoms. The Bertz CT molecular complexity index is 552. The molecule has 0 saturated carbocycles. The van der Waals surface area contributed by atoms with Gasteiger partial charge in [-0.3, -0.25) is 4.79 Å². The molecule has 4 nitrogen and oxygen atoms in total. The molecule has 0 aliphatic heterocycles. The average Bonchev–Trinajstić information content (AvgIpc) is 2.86. The number of aromatic nitrogens is 1. The van der Waals surface area contributed by atoms with Crippen molar-refractivity contribution in [3.8, 4) is 11.3 Å². The number of carboxylic acids is 1. The Morgan fingerprint density at radius 1 is 1.37 bits per heavy atom. The van der Waals surface area contributed by atoms with Crippen molar-refractivity contribution in [1.29, 1.82) is 0 Å². The van der Waals surface area contributed by atoms with Crippen LogP contribution in [-0.2, 0) is 4.79 Å². The summed E-state index contributed by atoms with van der Waals surface area (Å²) in [4.78, 5) is 17.2. The van der Waals surface area contributed by atoms with Gasteiger partial charge in [-0.1, -0.05) is 30.3 Å². The summed E-state index contributed by atoms with van der Waals surface area (Å²) < 4.78 is 0. The van der Waals surface area contributed by atoms with Crippen LogP contribution in [0.25, 0.3) is 11.3 Å². The molecular weight excluding hydrogens is 260 g/mol. The maximum Gasteiger partial charge on any atom is 0.323 e. The largest absolute Gasteiger partial charge is 0.480 e. The van der Waals surface area contributed by atoms with E-state index in [1.54, 1.807) is 4.90 Å². The van der Waals surface area contributed by atoms with Crippen LogP contribution in [0.2, 0.25) is 0 Å². The van der Waals surface area contributed by atoms with Gasteiger partial charge in [-0.2, -0.15) is 0 Å². The molecule has 0 radical (unpaired) electrons. The van der Waals surface area contributed by atoms with E-state index >= 15 is 0 Å². The second-order valence-electron chi connectivity index (χ2n) is 4.50. The summed E-state index contributed by atoms with van der Waals surface area (Å²) in [5, 5.41) is 11.7. The van der Waals surface area contributed by atoms with Gasteiger partial charge in [0, 0.05) is 17.0 Å². The molecule has 0 aliphatic carbocycles. The van der Waals surface area contributed by atoms with E-state index in [9.17, 15) is 4.79 Å². The Labute approximate surface area is 116 Å². The number of nitrogens with zero attached hydrogens (tertiary/aromatic N) is 2. The summed E-state index contributed by atoms with van der Waals surface area (Å²) >= 11 is 1.47. The fourth-order valence-corrected chi connectivity index (χ4v) is 2.72. The number of aliphatic carboxylic acids is 1. The molecular formula is C14H16N2O2S. The lowest BCUT2D eigenvalue weighted by atomic mass is 10.2. The van der Waals surface area contributed by atoms with Gasteiger partial charge in [0.25, 0.3) is 0 Å². The highest BCUT2D eigenvalue weighted by Crippen LogP contribution is 2.28. The van der Waals surface area contributed by atoms with Crippen molar-refractivity contribution in [2.45, 2.75) is 19.9 Å². The Morgan fingerprint density at radius 2 is 2.05 bits per heavy atom. The average molecular weight is 276 g/mol. The lowest BCUT2D eigenvalue weighted by Crippen LogP contribution is -2.35. The van der Waals surface area contributed by atoms with Crippen LogP contribution in [0.5, 0.6) is 0 Å². The molecule has 0 fully saturated rings. The van der Waals surface area contributed by atoms with E-state index in [-0.39, 0.29) is 12.6 Å². The normalized spacial score (nSPS) is 10.7. The molecule has 5 heteroatoms. The summed E-state index contributed by atoms with van der Waals surface area (Å²) in [7, 11) is 0. The third-order valence-electron chi connectivity index (χ3n) is 2.74. The van der Waals surface area contributed by atoms with Crippen molar-refractivity contribution in [2.24, 2.45) is 0 Å². The maximum absolute atomic E-state index is 10.9. The van der Waals surface area contributed by atoms with Gasteiger partial charge in [-0.05, 0) is 13.8 Å². The minimum Gasteiger partial charge on any atom is -0.480 e. The van der Waals surface area contributed by atoms with Crippen LogP contribution in [0.4, 0.5) is 5.13 Å². The van der Waals surface area contributed by atoms with Crippen molar-refractivity contribution >= 4 is 22.4 Å². The van der Waals surface area contributed by atoms with Crippen molar-refractivity contribution < 1.29 is 9.90 Å². The number of rotatable bonds is 5. The molecule has 1 N–H and O–H groups in total. The second kappa shape index (κ2) is 5.84. The van der Waals surface area contributed by atoms with Crippen molar-refractivity contribution in [2.75, 3.05) is 11.4 Å². The summed E-state index contributed by atoms with van der Waals surface area (Å²) in [5.74, 6) is -0.842. The zero-order chi connectivity index (χ0) is 13.8. The monoisotopic (exact) mass is 276 g/mol. The fourth-order valence-electron chi connectivity index (χ4n) is 1.75. The Hall–Kier alpha value is -1.88. The number of anilines is 1. The SMILES string of the molecule is CC(C)N(CC(=O)O)c1nc(-c2ccccc2)cs1. The van der Waals surface area contributed by atoms with Crippen LogP contribution in [0.15, 0.2) is 35.7 Å². The van der Waals surface area contributed by atoms with Gasteiger partial charge in [0.1, 0.15) is 6.54 Å². The number of hydrogen-bond acceptors (Lipinski definition) is 4. The van der Waals surface area contributed by atoms with E-state index in [0.29, 0.717) is 0 Å². The fraction of sp³-hybridized carbons (Fsp3) is 0.286. The first kappa shape index (κ1) is 13.5. The number of thiazole rings is 1. The molecule has 0 unspecified atom stereocenters. The van der Waals surface area contributed by atoms with Crippen LogP contribution >= 0.6 is 11.3 Å². The number of benzene rings is 1. The Kier molecular flexibility index (Phi) is 4.16. The van der Waals surface area contributed by atoms with Gasteiger partial charge in [-0.15, -0.1) is 11.3 Å². The van der Waals surface area contributed by atoms with Crippen LogP contribution in [0.1, 0.15) is 13.8 Å². The van der Waals surface area contributed by atoms with E-state index in [1.807, 2.05) is 49.6 Å². The summed E-state index contributed by atoms with van der Waals surface area (Å²) in [5.41, 5.74) is 1.93. The van der Waals surface area contributed by atoms with E-state index in [1.165, 1.54) is 11.3 Å². The standard InChI is InChI=1S/C14H16N2O2S/c1-10(2)16(8-13(17)18)14-15-12(9-19-14)11-6-4-3-5-7-11/h3-7,9-10H,8H2,1-2H3,(H,17,18). The Morgan fingerprint density at radius 3 is 2.63 bits per heavy atom. The molecule has 0 saturated heterocycles. The predicted octanol–water partition coefficient (Wildman–Crippen LogP) is 3.11. The van der Waals surface area contributed by atoms with E-state index in [4.69, 9.17) is 5.11 Å². The smallest absolute Gasteiger partial charge is 0.323 e. The third-order valence-corrected chi connectivity index (χ3v) is 3.61. The van der Waals surface area contributed by atoms with Crippen LogP contribution < -0.4 is 4.90 Å². The minimum absolute atomic E-state index is 0.0284. The highest BCUT2D eigenvalue weighted by molar-refractivity contribution is 7.14. The molecule has 2 aromatic rings. The van der Waals surface area contributed by atoms with Crippen LogP contribution in [0, 0.1) is 0 Å². The molecule has 0 amide bonds. The van der Waals surface area contributed by atoms with E-state index in [2.05, 4.69) is 4.98 Å². The molecule has 2 rings (SSSR count). The minimum atomic E-state index is -0.842. The predicted molar refractivity (Wildman–Crippen MR) is 77.7 cm³/mol. The molecule has 0 bridgehead atoms. The summed E-state index contributed by atoms with van der Waals surface area (Å²) in [6.07, 6.45) is 0. The number of hydrogen-bond donors (Lipinski definition) is 1. The van der Waals surface area contributed by atoms with E-state index in [0.717, 1.165) is 16.4 Å². The molecule has 19 heavy (non-hydrogen) atoms. The lowest BCUT2D eigenvalue weighted by Gasteiger charge is -2.23. The molecule has 100 valence electrons. The number of carboxylic acid groups (broad SMARTS) is 1. The molecule has 1 aromatic carbocycles. The molecule has 0 atom stereocenters. The highest BCUT2D eigenvalue weighted by atomic mass is 32.1. The van der Waals surface area contributed by atoms with Gasteiger partial charge in [-0.25, -0.2) is 4.98 Å². The maximum atomic E-state index is 10.9. The van der Waals surface area contributed by atoms with Gasteiger partial charge in [0.15, 0.2) is 5.13 Å². The molecule has 0 aliphatic rings. The first-order valence-corrected chi connectivity index (χ1v) is 6.95. The first-order valence-electron chi connectivity index (χ1n) is 6.07. The van der Waals surface area contributed by atoms with Gasteiger partial charge >= 0.3 is 5.97 Å². The third kappa shape index (κ3) is 3.32. The first-order chi connectivity index (χ1) is 9.08. The zero-order valence-electron chi connectivity index (χ0n) is 10.9. The van der Waals surface area contributed by atoms with Gasteiger partial charge < -0.3 is 10.0 Å². The van der Waals surface area contributed by atoms with Crippen LogP contribution in [0.3, 0.4) is 0 Å². The van der Waals surface area contributed by atoms with Crippen molar-refractivity contribution in [3.63, 3.8) is 0 Å².